The summed E-state index contributed by atoms with van der Waals surface area (Å²) in [6.07, 6.45) is 3.08. The molecule has 7 heteroatoms. The number of H-pyrrole nitrogens is 1. The molecule has 0 aromatic carbocycles. The molecule has 0 saturated heterocycles. The van der Waals surface area contributed by atoms with Gasteiger partial charge in [-0.3, -0.25) is 0 Å². The van der Waals surface area contributed by atoms with Crippen molar-refractivity contribution in [3.63, 3.8) is 0 Å². The van der Waals surface area contributed by atoms with Crippen LogP contribution in [0.2, 0.25) is 0 Å². The number of fused-ring (bicyclic) bond motifs is 1. The number of hydrogen-bond acceptors (Lipinski definition) is 4. The quantitative estimate of drug-likeness (QED) is 0.644. The molecule has 3 aromatic heterocycles. The maximum atomic E-state index is 13.8. The molecule has 3 aromatic rings. The summed E-state index contributed by atoms with van der Waals surface area (Å²) in [5.41, 5.74) is 5.91. The monoisotopic (exact) mass is 389 g/mol. The Morgan fingerprint density at radius 2 is 2.00 bits per heavy atom. The molecule has 0 spiro atoms. The van der Waals surface area contributed by atoms with Gasteiger partial charge in [-0.1, -0.05) is 12.1 Å². The lowest BCUT2D eigenvalue weighted by Gasteiger charge is -2.30. The largest absolute Gasteiger partial charge is 0.392 e. The molecule has 0 aliphatic heterocycles. The van der Waals surface area contributed by atoms with E-state index in [2.05, 4.69) is 15.1 Å². The molecule has 1 fully saturated rings. The molecule has 0 atom stereocenters. The third kappa shape index (κ3) is 3.02. The minimum absolute atomic E-state index is 0.0281. The van der Waals surface area contributed by atoms with Crippen molar-refractivity contribution in [2.24, 2.45) is 0 Å². The fraction of sp³-hybridized carbons (Fsp3) is 0.524. The highest BCUT2D eigenvalue weighted by Gasteiger charge is 2.37. The lowest BCUT2D eigenvalue weighted by atomic mass is 9.78. The summed E-state index contributed by atoms with van der Waals surface area (Å²) < 4.78 is 33.0. The number of aryl methyl sites for hydroxylation is 3. The summed E-state index contributed by atoms with van der Waals surface area (Å²) >= 11 is 0. The van der Waals surface area contributed by atoms with Crippen LogP contribution < -0.4 is 0 Å². The molecule has 1 aliphatic rings. The van der Waals surface area contributed by atoms with Crippen LogP contribution >= 0.6 is 0 Å². The van der Waals surface area contributed by atoms with Gasteiger partial charge >= 0.3 is 0 Å². The molecule has 28 heavy (non-hydrogen) atoms. The SMILES string of the molecule is CCc1[nH]c2ncc(-c3c(C)noc3C)c(C3CCC(F)(F)CC3)c2c1CO. The molecular weight excluding hydrogens is 364 g/mol. The van der Waals surface area contributed by atoms with Gasteiger partial charge in [0.15, 0.2) is 0 Å². The van der Waals surface area contributed by atoms with Gasteiger partial charge in [-0.25, -0.2) is 13.8 Å². The van der Waals surface area contributed by atoms with E-state index in [-0.39, 0.29) is 25.4 Å². The minimum Gasteiger partial charge on any atom is -0.392 e. The number of aromatic nitrogens is 3. The second-order valence-corrected chi connectivity index (χ2v) is 7.73. The predicted molar refractivity (Wildman–Crippen MR) is 103 cm³/mol. The number of halogens is 2. The molecule has 4 rings (SSSR count). The van der Waals surface area contributed by atoms with Crippen molar-refractivity contribution in [2.45, 2.75) is 71.3 Å². The van der Waals surface area contributed by atoms with Gasteiger partial charge in [-0.15, -0.1) is 0 Å². The fourth-order valence-electron chi connectivity index (χ4n) is 4.59. The Kier molecular flexibility index (Phi) is 4.73. The molecule has 3 heterocycles. The van der Waals surface area contributed by atoms with Gasteiger partial charge in [0.1, 0.15) is 11.4 Å². The summed E-state index contributed by atoms with van der Waals surface area (Å²) in [5, 5.41) is 15.0. The first-order chi connectivity index (χ1) is 13.4. The smallest absolute Gasteiger partial charge is 0.248 e. The zero-order chi connectivity index (χ0) is 20.1. The molecule has 1 saturated carbocycles. The van der Waals surface area contributed by atoms with Crippen molar-refractivity contribution in [1.29, 1.82) is 0 Å². The van der Waals surface area contributed by atoms with Crippen LogP contribution in [0.1, 0.15) is 66.8 Å². The molecule has 0 bridgehead atoms. The highest BCUT2D eigenvalue weighted by atomic mass is 19.3. The topological polar surface area (TPSA) is 74.9 Å². The van der Waals surface area contributed by atoms with Crippen LogP contribution in [0, 0.1) is 13.8 Å². The van der Waals surface area contributed by atoms with Crippen LogP contribution in [-0.2, 0) is 13.0 Å². The maximum absolute atomic E-state index is 13.8. The third-order valence-electron chi connectivity index (χ3n) is 5.99. The van der Waals surface area contributed by atoms with Gasteiger partial charge < -0.3 is 14.6 Å². The first-order valence-corrected chi connectivity index (χ1v) is 9.80. The van der Waals surface area contributed by atoms with Gasteiger partial charge in [0.2, 0.25) is 5.92 Å². The molecule has 150 valence electrons. The second-order valence-electron chi connectivity index (χ2n) is 7.73. The molecule has 0 radical (unpaired) electrons. The van der Waals surface area contributed by atoms with Crippen LogP contribution in [-0.4, -0.2) is 26.2 Å². The molecule has 0 amide bonds. The molecular formula is C21H25F2N3O2. The number of rotatable bonds is 4. The van der Waals surface area contributed by atoms with E-state index in [0.29, 0.717) is 24.2 Å². The van der Waals surface area contributed by atoms with Crippen molar-refractivity contribution in [1.82, 2.24) is 15.1 Å². The lowest BCUT2D eigenvalue weighted by Crippen LogP contribution is -2.24. The Labute approximate surface area is 162 Å². The molecule has 2 N–H and O–H groups in total. The molecule has 1 aliphatic carbocycles. The Morgan fingerprint density at radius 1 is 1.29 bits per heavy atom. The number of aliphatic hydroxyl groups excluding tert-OH is 1. The first-order valence-electron chi connectivity index (χ1n) is 9.80. The molecule has 0 unspecified atom stereocenters. The van der Waals surface area contributed by atoms with Gasteiger partial charge in [0.05, 0.1) is 12.3 Å². The van der Waals surface area contributed by atoms with Crippen molar-refractivity contribution in [3.8, 4) is 11.1 Å². The van der Waals surface area contributed by atoms with Gasteiger partial charge in [-0.2, -0.15) is 0 Å². The van der Waals surface area contributed by atoms with Crippen molar-refractivity contribution >= 4 is 11.0 Å². The van der Waals surface area contributed by atoms with Crippen LogP contribution in [0.3, 0.4) is 0 Å². The number of nitrogens with zero attached hydrogens (tertiary/aromatic N) is 2. The lowest BCUT2D eigenvalue weighted by molar-refractivity contribution is -0.0381. The number of nitrogens with one attached hydrogen (secondary N) is 1. The van der Waals surface area contributed by atoms with Crippen LogP contribution in [0.25, 0.3) is 22.2 Å². The average Bonchev–Trinajstić information content (AvgIpc) is 3.20. The number of aliphatic hydroxyl groups is 1. The van der Waals surface area contributed by atoms with E-state index in [1.807, 2.05) is 20.8 Å². The Hall–Kier alpha value is -2.28. The zero-order valence-electron chi connectivity index (χ0n) is 16.4. The first kappa shape index (κ1) is 19.1. The van der Waals surface area contributed by atoms with Crippen molar-refractivity contribution in [2.75, 3.05) is 0 Å². The summed E-state index contributed by atoms with van der Waals surface area (Å²) in [4.78, 5) is 7.90. The maximum Gasteiger partial charge on any atom is 0.248 e. The Bertz CT molecular complexity index is 993. The highest BCUT2D eigenvalue weighted by Crippen LogP contribution is 2.47. The van der Waals surface area contributed by atoms with Crippen molar-refractivity contribution in [3.05, 3.63) is 34.5 Å². The van der Waals surface area contributed by atoms with Crippen LogP contribution in [0.5, 0.6) is 0 Å². The van der Waals surface area contributed by atoms with E-state index in [4.69, 9.17) is 4.52 Å². The van der Waals surface area contributed by atoms with E-state index in [1.165, 1.54) is 0 Å². The Morgan fingerprint density at radius 3 is 2.57 bits per heavy atom. The fourth-order valence-corrected chi connectivity index (χ4v) is 4.59. The normalized spacial score (nSPS) is 17.5. The van der Waals surface area contributed by atoms with E-state index >= 15 is 0 Å². The number of alkyl halides is 2. The van der Waals surface area contributed by atoms with E-state index in [9.17, 15) is 13.9 Å². The van der Waals surface area contributed by atoms with Gasteiger partial charge in [-0.05, 0) is 44.6 Å². The zero-order valence-corrected chi connectivity index (χ0v) is 16.4. The highest BCUT2D eigenvalue weighted by molar-refractivity contribution is 5.92. The Balaban J connectivity index is 1.99. The van der Waals surface area contributed by atoms with Crippen LogP contribution in [0.4, 0.5) is 8.78 Å². The van der Waals surface area contributed by atoms with Crippen molar-refractivity contribution < 1.29 is 18.4 Å². The summed E-state index contributed by atoms with van der Waals surface area (Å²) in [6.45, 7) is 5.61. The van der Waals surface area contributed by atoms with Crippen LogP contribution in [0.15, 0.2) is 10.7 Å². The summed E-state index contributed by atoms with van der Waals surface area (Å²) in [5.74, 6) is -1.95. The summed E-state index contributed by atoms with van der Waals surface area (Å²) in [6, 6.07) is 0. The molecule has 5 nitrogen and oxygen atoms in total. The standard InChI is InChI=1S/C21H25F2N3O2/c1-4-16-15(10-27)19-18(13-5-7-21(22,23)8-6-13)14(9-24-20(19)25-16)17-11(2)26-28-12(17)3/h9,13,27H,4-8,10H2,1-3H3,(H,24,25). The third-order valence-corrected chi connectivity index (χ3v) is 5.99. The van der Waals surface area contributed by atoms with Gasteiger partial charge in [0.25, 0.3) is 0 Å². The number of pyridine rings is 1. The van der Waals surface area contributed by atoms with E-state index in [0.717, 1.165) is 45.4 Å². The number of hydrogen-bond donors (Lipinski definition) is 2. The second kappa shape index (κ2) is 6.95. The van der Waals surface area contributed by atoms with Gasteiger partial charge in [0, 0.05) is 46.8 Å². The van der Waals surface area contributed by atoms with E-state index in [1.54, 1.807) is 6.20 Å². The minimum atomic E-state index is -2.60. The average molecular weight is 389 g/mol. The number of aromatic amines is 1. The summed E-state index contributed by atoms with van der Waals surface area (Å²) in [7, 11) is 0. The van der Waals surface area contributed by atoms with E-state index < -0.39 is 5.92 Å². The predicted octanol–water partition coefficient (Wildman–Crippen LogP) is 5.18.